The lowest BCUT2D eigenvalue weighted by Crippen LogP contribution is -2.26. The Balaban J connectivity index is 2.20. The van der Waals surface area contributed by atoms with E-state index < -0.39 is 18.5 Å². The van der Waals surface area contributed by atoms with Crippen molar-refractivity contribution in [1.29, 1.82) is 0 Å². The van der Waals surface area contributed by atoms with Crippen molar-refractivity contribution in [2.75, 3.05) is 6.61 Å². The molecule has 1 aromatic heterocycles. The smallest absolute Gasteiger partial charge is 0.332 e. The molecule has 18 heavy (non-hydrogen) atoms. The fraction of sp³-hybridized carbons (Fsp3) is 0.167. The Hall–Kier alpha value is -2.34. The minimum absolute atomic E-state index is 0.443. The number of amides is 1. The highest BCUT2D eigenvalue weighted by atomic mass is 16.7. The van der Waals surface area contributed by atoms with Gasteiger partial charge in [0.25, 0.3) is 5.91 Å². The van der Waals surface area contributed by atoms with Crippen molar-refractivity contribution < 1.29 is 19.5 Å². The van der Waals surface area contributed by atoms with E-state index in [1.165, 1.54) is 0 Å². The molecule has 0 aliphatic carbocycles. The molecule has 1 aromatic carbocycles. The van der Waals surface area contributed by atoms with Crippen LogP contribution in [-0.4, -0.2) is 28.2 Å². The quantitative estimate of drug-likeness (QED) is 0.788. The molecule has 6 nitrogen and oxygen atoms in total. The maximum absolute atomic E-state index is 11.8. The van der Waals surface area contributed by atoms with Gasteiger partial charge >= 0.3 is 5.97 Å². The Kier molecular flexibility index (Phi) is 3.29. The van der Waals surface area contributed by atoms with E-state index in [1.54, 1.807) is 6.20 Å². The zero-order valence-corrected chi connectivity index (χ0v) is 9.71. The van der Waals surface area contributed by atoms with Gasteiger partial charge in [0.2, 0.25) is 0 Å². The molecule has 0 saturated heterocycles. The second-order valence-corrected chi connectivity index (χ2v) is 3.78. The lowest BCUT2D eigenvalue weighted by molar-refractivity contribution is -0.144. The van der Waals surface area contributed by atoms with Gasteiger partial charge in [-0.25, -0.2) is 10.3 Å². The van der Waals surface area contributed by atoms with Crippen LogP contribution < -0.4 is 5.48 Å². The summed E-state index contributed by atoms with van der Waals surface area (Å²) in [5.41, 5.74) is 3.46. The molecular weight excluding hydrogens is 236 g/mol. The predicted octanol–water partition coefficient (Wildman–Crippen LogP) is 0.924. The van der Waals surface area contributed by atoms with E-state index in [0.717, 1.165) is 10.9 Å². The molecule has 0 unspecified atom stereocenters. The average Bonchev–Trinajstić information content (AvgIpc) is 2.67. The van der Waals surface area contributed by atoms with Crippen LogP contribution in [0.15, 0.2) is 30.5 Å². The number of hydroxylamine groups is 1. The van der Waals surface area contributed by atoms with Crippen LogP contribution in [-0.2, 0) is 16.7 Å². The number of hydrogen-bond acceptors (Lipinski definition) is 3. The van der Waals surface area contributed by atoms with E-state index in [4.69, 9.17) is 5.11 Å². The summed E-state index contributed by atoms with van der Waals surface area (Å²) < 4.78 is 1.82. The van der Waals surface area contributed by atoms with E-state index in [2.05, 4.69) is 10.3 Å². The fourth-order valence-corrected chi connectivity index (χ4v) is 1.74. The molecule has 1 heterocycles. The van der Waals surface area contributed by atoms with Gasteiger partial charge in [-0.15, -0.1) is 0 Å². The highest BCUT2D eigenvalue weighted by molar-refractivity contribution is 6.06. The second-order valence-electron chi connectivity index (χ2n) is 3.78. The van der Waals surface area contributed by atoms with Gasteiger partial charge in [0.05, 0.1) is 5.56 Å². The van der Waals surface area contributed by atoms with Crippen molar-refractivity contribution in [2.24, 2.45) is 7.05 Å². The summed E-state index contributed by atoms with van der Waals surface area (Å²) in [4.78, 5) is 26.6. The number of nitrogens with zero attached hydrogens (tertiary/aromatic N) is 1. The summed E-state index contributed by atoms with van der Waals surface area (Å²) in [6, 6.07) is 7.42. The molecule has 0 saturated carbocycles. The number of hydrogen-bond donors (Lipinski definition) is 2. The second kappa shape index (κ2) is 4.89. The van der Waals surface area contributed by atoms with Crippen LogP contribution in [0.4, 0.5) is 0 Å². The zero-order valence-electron chi connectivity index (χ0n) is 9.71. The van der Waals surface area contributed by atoms with E-state index in [1.807, 2.05) is 35.9 Å². The van der Waals surface area contributed by atoms with Crippen LogP contribution in [0.2, 0.25) is 0 Å². The first-order chi connectivity index (χ1) is 8.59. The van der Waals surface area contributed by atoms with Gasteiger partial charge in [0, 0.05) is 24.1 Å². The van der Waals surface area contributed by atoms with Crippen LogP contribution in [0.3, 0.4) is 0 Å². The Morgan fingerprint density at radius 1 is 1.39 bits per heavy atom. The Morgan fingerprint density at radius 3 is 2.83 bits per heavy atom. The third kappa shape index (κ3) is 2.33. The molecule has 94 valence electrons. The van der Waals surface area contributed by atoms with Crippen molar-refractivity contribution in [2.45, 2.75) is 0 Å². The van der Waals surface area contributed by atoms with E-state index in [-0.39, 0.29) is 0 Å². The van der Waals surface area contributed by atoms with Crippen LogP contribution in [0.1, 0.15) is 10.4 Å². The summed E-state index contributed by atoms with van der Waals surface area (Å²) in [7, 11) is 1.83. The van der Waals surface area contributed by atoms with Crippen LogP contribution in [0.5, 0.6) is 0 Å². The number of aliphatic carboxylic acids is 1. The Bertz CT molecular complexity index is 603. The average molecular weight is 248 g/mol. The number of benzene rings is 1. The number of rotatable bonds is 4. The van der Waals surface area contributed by atoms with Crippen LogP contribution in [0.25, 0.3) is 10.9 Å². The number of carbonyl (C=O) groups excluding carboxylic acids is 1. The predicted molar refractivity (Wildman–Crippen MR) is 64.0 cm³/mol. The van der Waals surface area contributed by atoms with E-state index >= 15 is 0 Å². The largest absolute Gasteiger partial charge is 0.479 e. The number of aromatic nitrogens is 1. The maximum Gasteiger partial charge on any atom is 0.332 e. The first-order valence-corrected chi connectivity index (χ1v) is 5.27. The lowest BCUT2D eigenvalue weighted by Gasteiger charge is -2.02. The van der Waals surface area contributed by atoms with Gasteiger partial charge in [-0.05, 0) is 6.07 Å². The maximum atomic E-state index is 11.8. The van der Waals surface area contributed by atoms with Crippen molar-refractivity contribution >= 4 is 22.8 Å². The summed E-state index contributed by atoms with van der Waals surface area (Å²) in [6.07, 6.45) is 1.67. The Labute approximate surface area is 103 Å². The molecular formula is C12H12N2O4. The van der Waals surface area contributed by atoms with Gasteiger partial charge in [0.1, 0.15) is 0 Å². The molecule has 0 radical (unpaired) electrons. The standard InChI is InChI=1S/C12H12N2O4/c1-14-6-9(8-4-2-3-5-10(8)14)12(17)13-18-7-11(15)16/h2-6H,7H2,1H3,(H,13,17)(H,15,16). The third-order valence-corrected chi connectivity index (χ3v) is 2.50. The van der Waals surface area contributed by atoms with Gasteiger partial charge in [-0.2, -0.15) is 0 Å². The molecule has 2 aromatic rings. The van der Waals surface area contributed by atoms with Crippen molar-refractivity contribution in [3.05, 3.63) is 36.0 Å². The minimum atomic E-state index is -1.15. The highest BCUT2D eigenvalue weighted by Gasteiger charge is 2.13. The molecule has 2 N–H and O–H groups in total. The number of para-hydroxylation sites is 1. The number of carboxylic acid groups (broad SMARTS) is 1. The molecule has 0 bridgehead atoms. The molecule has 0 aliphatic heterocycles. The van der Waals surface area contributed by atoms with Crippen molar-refractivity contribution in [3.8, 4) is 0 Å². The summed E-state index contributed by atoms with van der Waals surface area (Å²) in [5, 5.41) is 9.18. The number of nitrogens with one attached hydrogen (secondary N) is 1. The fourth-order valence-electron chi connectivity index (χ4n) is 1.74. The van der Waals surface area contributed by atoms with Crippen LogP contribution in [0, 0.1) is 0 Å². The minimum Gasteiger partial charge on any atom is -0.479 e. The van der Waals surface area contributed by atoms with Crippen LogP contribution >= 0.6 is 0 Å². The molecule has 0 spiro atoms. The van der Waals surface area contributed by atoms with Gasteiger partial charge in [0.15, 0.2) is 6.61 Å². The monoisotopic (exact) mass is 248 g/mol. The van der Waals surface area contributed by atoms with Crippen molar-refractivity contribution in [3.63, 3.8) is 0 Å². The number of carbonyl (C=O) groups is 2. The number of fused-ring (bicyclic) bond motifs is 1. The molecule has 0 fully saturated rings. The molecule has 2 rings (SSSR count). The topological polar surface area (TPSA) is 80.6 Å². The number of carboxylic acids is 1. The summed E-state index contributed by atoms with van der Waals surface area (Å²) >= 11 is 0. The molecule has 1 amide bonds. The number of aryl methyl sites for hydroxylation is 1. The summed E-state index contributed by atoms with van der Waals surface area (Å²) in [5.74, 6) is -1.61. The van der Waals surface area contributed by atoms with Crippen molar-refractivity contribution in [1.82, 2.24) is 10.0 Å². The first-order valence-electron chi connectivity index (χ1n) is 5.27. The molecule has 6 heteroatoms. The highest BCUT2D eigenvalue weighted by Crippen LogP contribution is 2.19. The first kappa shape index (κ1) is 12.1. The van der Waals surface area contributed by atoms with E-state index in [0.29, 0.717) is 5.56 Å². The van der Waals surface area contributed by atoms with E-state index in [9.17, 15) is 9.59 Å². The molecule has 0 aliphatic rings. The summed E-state index contributed by atoms with van der Waals surface area (Å²) in [6.45, 7) is -0.573. The normalized spacial score (nSPS) is 10.5. The Morgan fingerprint density at radius 2 is 2.11 bits per heavy atom. The van der Waals surface area contributed by atoms with Gasteiger partial charge < -0.3 is 9.67 Å². The third-order valence-electron chi connectivity index (χ3n) is 2.50. The lowest BCUT2D eigenvalue weighted by atomic mass is 10.2. The molecule has 0 atom stereocenters. The zero-order chi connectivity index (χ0) is 13.1. The van der Waals surface area contributed by atoms with Gasteiger partial charge in [-0.3, -0.25) is 9.63 Å². The van der Waals surface area contributed by atoms with Gasteiger partial charge in [-0.1, -0.05) is 18.2 Å². The SMILES string of the molecule is Cn1cc(C(=O)NOCC(=O)O)c2ccccc21.